The Balaban J connectivity index is 2.28. The first-order chi connectivity index (χ1) is 9.81. The van der Waals surface area contributed by atoms with E-state index in [2.05, 4.69) is 21.0 Å². The minimum Gasteiger partial charge on any atom is -0.454 e. The van der Waals surface area contributed by atoms with Gasteiger partial charge in [-0.1, -0.05) is 22.0 Å². The van der Waals surface area contributed by atoms with Gasteiger partial charge in [-0.25, -0.2) is 0 Å². The number of alkyl halides is 4. The molecule has 0 aliphatic carbocycles. The molecule has 0 N–H and O–H groups in total. The van der Waals surface area contributed by atoms with Gasteiger partial charge in [0.2, 0.25) is 0 Å². The Morgan fingerprint density at radius 3 is 2.52 bits per heavy atom. The summed E-state index contributed by atoms with van der Waals surface area (Å²) in [5.41, 5.74) is -0.527. The molecule has 7 heteroatoms. The lowest BCUT2D eigenvalue weighted by Gasteiger charge is -2.13. The summed E-state index contributed by atoms with van der Waals surface area (Å²) in [5.74, 6) is 0.541. The molecular weight excluding hydrogens is 349 g/mol. The number of nitrogens with zero attached hydrogens (tertiary/aromatic N) is 2. The smallest absolute Gasteiger partial charge is 0.416 e. The van der Waals surface area contributed by atoms with Gasteiger partial charge in [-0.2, -0.15) is 18.3 Å². The molecule has 0 bridgehead atoms. The second-order valence-corrected chi connectivity index (χ2v) is 5.36. The Morgan fingerprint density at radius 2 is 2.00 bits per heavy atom. The molecule has 114 valence electrons. The Bertz CT molecular complexity index is 623. The predicted octanol–water partition coefficient (Wildman–Crippen LogP) is 5.17. The third-order valence-electron chi connectivity index (χ3n) is 2.87. The zero-order chi connectivity index (χ0) is 15.6. The van der Waals surface area contributed by atoms with E-state index in [1.54, 1.807) is 10.9 Å². The van der Waals surface area contributed by atoms with Crippen LogP contribution in [0.25, 0.3) is 0 Å². The van der Waals surface area contributed by atoms with Gasteiger partial charge in [0.1, 0.15) is 5.75 Å². The van der Waals surface area contributed by atoms with E-state index in [0.717, 1.165) is 6.07 Å². The summed E-state index contributed by atoms with van der Waals surface area (Å²) in [6.07, 6.45) is -1.29. The quantitative estimate of drug-likeness (QED) is 0.701. The molecule has 0 spiro atoms. The van der Waals surface area contributed by atoms with Crippen LogP contribution < -0.4 is 4.74 Å². The number of ether oxygens (including phenoxy) is 1. The van der Waals surface area contributed by atoms with Crippen molar-refractivity contribution in [2.45, 2.75) is 31.4 Å². The van der Waals surface area contributed by atoms with Crippen LogP contribution in [0.2, 0.25) is 0 Å². The molecule has 1 aromatic carbocycles. The van der Waals surface area contributed by atoms with Crippen LogP contribution in [-0.2, 0) is 11.5 Å². The van der Waals surface area contributed by atoms with Crippen LogP contribution in [0.15, 0.2) is 30.6 Å². The number of halogens is 4. The SMILES string of the molecule is CC(C)n1cc(Oc2ccc(CBr)c(C(F)(F)F)c2)cn1. The highest BCUT2D eigenvalue weighted by atomic mass is 79.9. The molecule has 0 amide bonds. The number of hydrogen-bond donors (Lipinski definition) is 0. The predicted molar refractivity (Wildman–Crippen MR) is 76.8 cm³/mol. The summed E-state index contributed by atoms with van der Waals surface area (Å²) in [5, 5.41) is 4.21. The van der Waals surface area contributed by atoms with Crippen LogP contribution in [0.1, 0.15) is 31.0 Å². The maximum Gasteiger partial charge on any atom is 0.416 e. The molecule has 0 saturated carbocycles. The van der Waals surface area contributed by atoms with Crippen LogP contribution in [0.3, 0.4) is 0 Å². The van der Waals surface area contributed by atoms with Crippen molar-refractivity contribution in [2.75, 3.05) is 0 Å². The molecule has 0 aliphatic rings. The minimum atomic E-state index is -4.41. The highest BCUT2D eigenvalue weighted by Gasteiger charge is 2.33. The first kappa shape index (κ1) is 15.9. The topological polar surface area (TPSA) is 27.1 Å². The van der Waals surface area contributed by atoms with E-state index in [1.807, 2.05) is 13.8 Å². The number of rotatable bonds is 4. The van der Waals surface area contributed by atoms with Gasteiger partial charge < -0.3 is 4.74 Å². The molecule has 2 aromatic rings. The summed E-state index contributed by atoms with van der Waals surface area (Å²) >= 11 is 3.06. The molecule has 3 nitrogen and oxygen atoms in total. The number of benzene rings is 1. The maximum atomic E-state index is 13.0. The molecule has 0 unspecified atom stereocenters. The summed E-state index contributed by atoms with van der Waals surface area (Å²) in [4.78, 5) is 0. The zero-order valence-electron chi connectivity index (χ0n) is 11.5. The van der Waals surface area contributed by atoms with E-state index in [9.17, 15) is 13.2 Å². The lowest BCUT2D eigenvalue weighted by Crippen LogP contribution is -2.08. The Hall–Kier alpha value is -1.50. The molecule has 0 fully saturated rings. The second kappa shape index (κ2) is 6.09. The maximum absolute atomic E-state index is 13.0. The average Bonchev–Trinajstić information content (AvgIpc) is 2.86. The molecular formula is C14H14BrF3N2O. The first-order valence-electron chi connectivity index (χ1n) is 6.29. The molecule has 0 radical (unpaired) electrons. The van der Waals surface area contributed by atoms with Crippen LogP contribution in [0, 0.1) is 0 Å². The fourth-order valence-electron chi connectivity index (χ4n) is 1.79. The van der Waals surface area contributed by atoms with Crippen LogP contribution >= 0.6 is 15.9 Å². The summed E-state index contributed by atoms with van der Waals surface area (Å²) in [6.45, 7) is 3.90. The van der Waals surface area contributed by atoms with Gasteiger partial charge in [-0.15, -0.1) is 0 Å². The van der Waals surface area contributed by atoms with Gasteiger partial charge in [0.05, 0.1) is 18.0 Å². The van der Waals surface area contributed by atoms with Gasteiger partial charge in [-0.05, 0) is 31.5 Å². The molecule has 0 aliphatic heterocycles. The standard InChI is InChI=1S/C14H14BrF3N2O/c1-9(2)20-8-12(7-19-20)21-11-4-3-10(6-15)13(5-11)14(16,17)18/h3-5,7-9H,6H2,1-2H3. The molecule has 0 atom stereocenters. The molecule has 0 saturated heterocycles. The van der Waals surface area contributed by atoms with Gasteiger partial charge in [-0.3, -0.25) is 4.68 Å². The lowest BCUT2D eigenvalue weighted by molar-refractivity contribution is -0.138. The van der Waals surface area contributed by atoms with E-state index in [-0.39, 0.29) is 22.7 Å². The van der Waals surface area contributed by atoms with Gasteiger partial charge >= 0.3 is 6.18 Å². The summed E-state index contributed by atoms with van der Waals surface area (Å²) < 4.78 is 46.0. The highest BCUT2D eigenvalue weighted by Crippen LogP contribution is 2.36. The largest absolute Gasteiger partial charge is 0.454 e. The van der Waals surface area contributed by atoms with E-state index in [4.69, 9.17) is 4.74 Å². The third kappa shape index (κ3) is 3.78. The van der Waals surface area contributed by atoms with E-state index < -0.39 is 11.7 Å². The first-order valence-corrected chi connectivity index (χ1v) is 7.41. The summed E-state index contributed by atoms with van der Waals surface area (Å²) in [6, 6.07) is 4.07. The number of aromatic nitrogens is 2. The Labute approximate surface area is 128 Å². The molecule has 21 heavy (non-hydrogen) atoms. The summed E-state index contributed by atoms with van der Waals surface area (Å²) in [7, 11) is 0. The van der Waals surface area contributed by atoms with Crippen LogP contribution in [0.4, 0.5) is 13.2 Å². The zero-order valence-corrected chi connectivity index (χ0v) is 13.1. The van der Waals surface area contributed by atoms with E-state index in [0.29, 0.717) is 5.75 Å². The molecule has 1 heterocycles. The Kier molecular flexibility index (Phi) is 4.61. The van der Waals surface area contributed by atoms with Crippen molar-refractivity contribution in [2.24, 2.45) is 0 Å². The van der Waals surface area contributed by atoms with Crippen molar-refractivity contribution in [3.63, 3.8) is 0 Å². The van der Waals surface area contributed by atoms with Gasteiger partial charge in [0, 0.05) is 11.4 Å². The van der Waals surface area contributed by atoms with Crippen molar-refractivity contribution in [1.29, 1.82) is 0 Å². The van der Waals surface area contributed by atoms with Crippen LogP contribution in [-0.4, -0.2) is 9.78 Å². The van der Waals surface area contributed by atoms with Crippen molar-refractivity contribution >= 4 is 15.9 Å². The molecule has 1 aromatic heterocycles. The third-order valence-corrected chi connectivity index (χ3v) is 3.48. The van der Waals surface area contributed by atoms with E-state index >= 15 is 0 Å². The van der Waals surface area contributed by atoms with Gasteiger partial charge in [0.15, 0.2) is 5.75 Å². The van der Waals surface area contributed by atoms with Gasteiger partial charge in [0.25, 0.3) is 0 Å². The fourth-order valence-corrected chi connectivity index (χ4v) is 2.28. The fraction of sp³-hybridized carbons (Fsp3) is 0.357. The van der Waals surface area contributed by atoms with Crippen LogP contribution in [0.5, 0.6) is 11.5 Å². The number of hydrogen-bond acceptors (Lipinski definition) is 2. The van der Waals surface area contributed by atoms with Crippen molar-refractivity contribution in [3.8, 4) is 11.5 Å². The highest BCUT2D eigenvalue weighted by molar-refractivity contribution is 9.08. The minimum absolute atomic E-state index is 0.132. The lowest BCUT2D eigenvalue weighted by atomic mass is 10.1. The van der Waals surface area contributed by atoms with Crippen molar-refractivity contribution in [3.05, 3.63) is 41.7 Å². The average molecular weight is 363 g/mol. The molecule has 2 rings (SSSR count). The monoisotopic (exact) mass is 362 g/mol. The normalized spacial score (nSPS) is 12.0. The second-order valence-electron chi connectivity index (χ2n) is 4.80. The van der Waals surface area contributed by atoms with Crippen molar-refractivity contribution in [1.82, 2.24) is 9.78 Å². The van der Waals surface area contributed by atoms with E-state index in [1.165, 1.54) is 18.3 Å². The Morgan fingerprint density at radius 1 is 1.29 bits per heavy atom. The van der Waals surface area contributed by atoms with Crippen molar-refractivity contribution < 1.29 is 17.9 Å².